The third-order valence-electron chi connectivity index (χ3n) is 4.61. The molecule has 2 rings (SSSR count). The Bertz CT molecular complexity index is 518. The molecule has 1 unspecified atom stereocenters. The second-order valence-electron chi connectivity index (χ2n) is 6.34. The molecule has 0 saturated carbocycles. The van der Waals surface area contributed by atoms with Crippen molar-refractivity contribution in [3.63, 3.8) is 0 Å². The second-order valence-corrected chi connectivity index (χ2v) is 6.85. The molecule has 0 radical (unpaired) electrons. The van der Waals surface area contributed by atoms with Crippen molar-refractivity contribution in [2.75, 3.05) is 17.4 Å². The highest BCUT2D eigenvalue weighted by atomic mass is 32.2. The van der Waals surface area contributed by atoms with Crippen molar-refractivity contribution in [1.82, 2.24) is 4.90 Å². The standard InChI is InChI=1S/C18H27FN2OS/c1-4-5-12-20-13-7-6-11-16(20)18(22)21(23-19)17-14(2)9-8-10-15(17)3/h8-10,16H,4-7,11-13H2,1-3H3. The minimum absolute atomic E-state index is 0.0361. The number of piperidine rings is 1. The van der Waals surface area contributed by atoms with E-state index in [-0.39, 0.29) is 24.3 Å². The Labute approximate surface area is 143 Å². The molecule has 3 nitrogen and oxygen atoms in total. The number of amides is 1. The van der Waals surface area contributed by atoms with Crippen molar-refractivity contribution < 1.29 is 8.68 Å². The van der Waals surface area contributed by atoms with E-state index in [2.05, 4.69) is 11.8 Å². The fourth-order valence-corrected chi connectivity index (χ4v) is 3.89. The molecule has 1 aliphatic rings. The van der Waals surface area contributed by atoms with E-state index in [1.54, 1.807) is 0 Å². The van der Waals surface area contributed by atoms with Crippen LogP contribution in [0.25, 0.3) is 0 Å². The van der Waals surface area contributed by atoms with Crippen LogP contribution in [0.5, 0.6) is 0 Å². The number of likely N-dealkylation sites (tertiary alicyclic amines) is 1. The number of nitrogens with zero attached hydrogens (tertiary/aromatic N) is 2. The average Bonchev–Trinajstić information content (AvgIpc) is 2.56. The van der Waals surface area contributed by atoms with Gasteiger partial charge >= 0.3 is 0 Å². The van der Waals surface area contributed by atoms with Gasteiger partial charge in [-0.25, -0.2) is 4.31 Å². The first-order valence-corrected chi connectivity index (χ1v) is 9.20. The summed E-state index contributed by atoms with van der Waals surface area (Å²) in [7, 11) is 0. The summed E-state index contributed by atoms with van der Waals surface area (Å²) in [5.41, 5.74) is 2.56. The van der Waals surface area contributed by atoms with Gasteiger partial charge in [0.1, 0.15) is 0 Å². The molecule has 1 aromatic rings. The first-order chi connectivity index (χ1) is 11.1. The molecule has 1 amide bonds. The highest BCUT2D eigenvalue weighted by Gasteiger charge is 2.34. The van der Waals surface area contributed by atoms with Gasteiger partial charge in [-0.05, 0) is 57.3 Å². The predicted molar refractivity (Wildman–Crippen MR) is 96.2 cm³/mol. The SMILES string of the molecule is CCCCN1CCCCC1C(=O)N(SF)c1c(C)cccc1C. The van der Waals surface area contributed by atoms with E-state index in [1.165, 1.54) is 4.31 Å². The van der Waals surface area contributed by atoms with Crippen molar-refractivity contribution in [2.24, 2.45) is 0 Å². The number of unbranched alkanes of at least 4 members (excludes halogenated alkanes) is 1. The van der Waals surface area contributed by atoms with Gasteiger partial charge in [-0.15, -0.1) is 3.89 Å². The number of rotatable bonds is 6. The Kier molecular flexibility index (Phi) is 6.90. The number of carbonyl (C=O) groups is 1. The Balaban J connectivity index is 2.24. The van der Waals surface area contributed by atoms with Crippen LogP contribution in [0.3, 0.4) is 0 Å². The molecule has 1 aliphatic heterocycles. The van der Waals surface area contributed by atoms with Crippen LogP contribution in [0, 0.1) is 13.8 Å². The summed E-state index contributed by atoms with van der Waals surface area (Å²) in [6.07, 6.45) is 5.17. The van der Waals surface area contributed by atoms with Gasteiger partial charge in [0.15, 0.2) is 12.3 Å². The first kappa shape index (κ1) is 18.3. The van der Waals surface area contributed by atoms with Gasteiger partial charge in [-0.3, -0.25) is 9.69 Å². The normalized spacial score (nSPS) is 18.9. The molecule has 0 aliphatic carbocycles. The molecule has 128 valence electrons. The maximum atomic E-state index is 13.7. The van der Waals surface area contributed by atoms with Crippen LogP contribution in [0.1, 0.15) is 50.2 Å². The fraction of sp³-hybridized carbons (Fsp3) is 0.611. The molecule has 0 bridgehead atoms. The summed E-state index contributed by atoms with van der Waals surface area (Å²) in [6, 6.07) is 5.59. The van der Waals surface area contributed by atoms with Crippen molar-refractivity contribution in [3.05, 3.63) is 29.3 Å². The number of carbonyl (C=O) groups excluding carboxylic acids is 1. The number of hydrogen-bond acceptors (Lipinski definition) is 3. The van der Waals surface area contributed by atoms with E-state index in [4.69, 9.17) is 0 Å². The van der Waals surface area contributed by atoms with Gasteiger partial charge in [0.25, 0.3) is 5.91 Å². The maximum absolute atomic E-state index is 13.7. The molecule has 1 saturated heterocycles. The van der Waals surface area contributed by atoms with Crippen LogP contribution in [0.4, 0.5) is 9.57 Å². The van der Waals surface area contributed by atoms with E-state index in [0.29, 0.717) is 5.69 Å². The van der Waals surface area contributed by atoms with Gasteiger partial charge < -0.3 is 0 Å². The van der Waals surface area contributed by atoms with Gasteiger partial charge in [-0.1, -0.05) is 38.0 Å². The summed E-state index contributed by atoms with van der Waals surface area (Å²) >= 11 is 0.0361. The van der Waals surface area contributed by atoms with Crippen molar-refractivity contribution in [1.29, 1.82) is 0 Å². The minimum atomic E-state index is -0.197. The summed E-state index contributed by atoms with van der Waals surface area (Å²) in [5, 5.41) is 0. The summed E-state index contributed by atoms with van der Waals surface area (Å²) in [5.74, 6) is -0.120. The topological polar surface area (TPSA) is 23.6 Å². The molecule has 0 N–H and O–H groups in total. The molecule has 0 aromatic heterocycles. The van der Waals surface area contributed by atoms with Crippen LogP contribution >= 0.6 is 12.3 Å². The third kappa shape index (κ3) is 4.27. The molecule has 23 heavy (non-hydrogen) atoms. The van der Waals surface area contributed by atoms with Crippen LogP contribution in [0.15, 0.2) is 18.2 Å². The van der Waals surface area contributed by atoms with E-state index in [9.17, 15) is 8.68 Å². The highest BCUT2D eigenvalue weighted by Crippen LogP contribution is 2.33. The zero-order chi connectivity index (χ0) is 16.8. The number of benzene rings is 1. The van der Waals surface area contributed by atoms with Gasteiger partial charge in [0.05, 0.1) is 11.7 Å². The zero-order valence-corrected chi connectivity index (χ0v) is 15.2. The van der Waals surface area contributed by atoms with E-state index in [0.717, 1.165) is 56.3 Å². The largest absolute Gasteiger partial charge is 0.292 e. The Morgan fingerprint density at radius 1 is 1.35 bits per heavy atom. The molecular formula is C18H27FN2OS. The Morgan fingerprint density at radius 2 is 2.04 bits per heavy atom. The smallest absolute Gasteiger partial charge is 0.256 e. The second kappa shape index (κ2) is 8.69. The lowest BCUT2D eigenvalue weighted by atomic mass is 10.00. The fourth-order valence-electron chi connectivity index (χ4n) is 3.34. The number of anilines is 1. The summed E-state index contributed by atoms with van der Waals surface area (Å²) in [4.78, 5) is 15.3. The molecule has 1 fully saturated rings. The monoisotopic (exact) mass is 338 g/mol. The van der Waals surface area contributed by atoms with Gasteiger partial charge in [-0.2, -0.15) is 0 Å². The van der Waals surface area contributed by atoms with E-state index < -0.39 is 0 Å². The molecule has 5 heteroatoms. The average molecular weight is 338 g/mol. The van der Waals surface area contributed by atoms with Gasteiger partial charge in [0.2, 0.25) is 0 Å². The summed E-state index contributed by atoms with van der Waals surface area (Å²) in [6.45, 7) is 7.86. The minimum Gasteiger partial charge on any atom is -0.292 e. The maximum Gasteiger partial charge on any atom is 0.256 e. The van der Waals surface area contributed by atoms with Crippen molar-refractivity contribution in [2.45, 2.75) is 58.9 Å². The van der Waals surface area contributed by atoms with E-state index >= 15 is 0 Å². The van der Waals surface area contributed by atoms with Crippen LogP contribution in [0.2, 0.25) is 0 Å². The van der Waals surface area contributed by atoms with Crippen LogP contribution in [-0.2, 0) is 4.79 Å². The highest BCUT2D eigenvalue weighted by molar-refractivity contribution is 7.96. The molecule has 1 atom stereocenters. The van der Waals surface area contributed by atoms with Gasteiger partial charge in [0, 0.05) is 0 Å². The number of para-hydroxylation sites is 1. The van der Waals surface area contributed by atoms with Crippen LogP contribution in [-0.4, -0.2) is 29.9 Å². The predicted octanol–water partition coefficient (Wildman–Crippen LogP) is 4.82. The third-order valence-corrected chi connectivity index (χ3v) is 5.11. The van der Waals surface area contributed by atoms with E-state index in [1.807, 2.05) is 32.0 Å². The Hall–Kier alpha value is -1.07. The molecular weight excluding hydrogens is 311 g/mol. The number of hydrogen-bond donors (Lipinski definition) is 0. The molecule has 1 heterocycles. The quantitative estimate of drug-likeness (QED) is 0.695. The summed E-state index contributed by atoms with van der Waals surface area (Å²) < 4.78 is 15.0. The Morgan fingerprint density at radius 3 is 2.65 bits per heavy atom. The van der Waals surface area contributed by atoms with Crippen LogP contribution < -0.4 is 4.31 Å². The van der Waals surface area contributed by atoms with Crippen molar-refractivity contribution in [3.8, 4) is 0 Å². The first-order valence-electron chi connectivity index (χ1n) is 8.53. The lowest BCUT2D eigenvalue weighted by Gasteiger charge is -2.36. The number of halogens is 1. The van der Waals surface area contributed by atoms with Crippen molar-refractivity contribution >= 4 is 23.9 Å². The molecule has 1 aromatic carbocycles. The number of aryl methyl sites for hydroxylation is 2. The lowest BCUT2D eigenvalue weighted by Crippen LogP contribution is -2.49. The zero-order valence-electron chi connectivity index (χ0n) is 14.3. The molecule has 0 spiro atoms. The lowest BCUT2D eigenvalue weighted by molar-refractivity contribution is -0.123.